The highest BCUT2D eigenvalue weighted by Gasteiger charge is 2.07. The van der Waals surface area contributed by atoms with Crippen molar-refractivity contribution in [3.05, 3.63) is 36.5 Å². The van der Waals surface area contributed by atoms with E-state index in [-0.39, 0.29) is 19.2 Å². The van der Waals surface area contributed by atoms with Gasteiger partial charge in [0, 0.05) is 19.3 Å². The summed E-state index contributed by atoms with van der Waals surface area (Å²) in [6.45, 7) is 6.33. The molecule has 0 aliphatic heterocycles. The number of carbonyl (C=O) groups excluding carboxylic acids is 1. The number of allylic oxidation sites excluding steroid dienone is 6. The van der Waals surface area contributed by atoms with Crippen molar-refractivity contribution in [1.82, 2.24) is 0 Å². The Bertz CT molecular complexity index is 1170. The van der Waals surface area contributed by atoms with Gasteiger partial charge in [0.1, 0.15) is 12.7 Å². The molecule has 0 aromatic heterocycles. The van der Waals surface area contributed by atoms with Gasteiger partial charge in [0.15, 0.2) is 0 Å². The molecule has 0 saturated heterocycles. The minimum Gasteiger partial charge on any atom is -0.481 e. The number of carbonyl (C=O) groups is 3. The van der Waals surface area contributed by atoms with Gasteiger partial charge in [-0.15, -0.1) is 0 Å². The third kappa shape index (κ3) is 82.5. The first-order valence-corrected chi connectivity index (χ1v) is 33.6. The van der Waals surface area contributed by atoms with Crippen molar-refractivity contribution in [3.63, 3.8) is 0 Å². The lowest BCUT2D eigenvalue weighted by Gasteiger charge is -2.08. The lowest BCUT2D eigenvalue weighted by atomic mass is 10.1. The van der Waals surface area contributed by atoms with Crippen molar-refractivity contribution >= 4 is 17.9 Å². The van der Waals surface area contributed by atoms with Gasteiger partial charge in [0.25, 0.3) is 0 Å². The van der Waals surface area contributed by atoms with Crippen LogP contribution in [0.3, 0.4) is 0 Å². The fraction of sp³-hybridized carbons (Fsp3) is 0.870. The topological polar surface area (TPSA) is 141 Å². The molecule has 77 heavy (non-hydrogen) atoms. The molecule has 0 spiro atoms. The zero-order valence-electron chi connectivity index (χ0n) is 51.6. The summed E-state index contributed by atoms with van der Waals surface area (Å²) in [5.74, 6) is -1.59. The maximum absolute atomic E-state index is 11.4. The van der Waals surface area contributed by atoms with Crippen molar-refractivity contribution in [2.45, 2.75) is 374 Å². The van der Waals surface area contributed by atoms with E-state index in [0.717, 1.165) is 38.5 Å². The van der Waals surface area contributed by atoms with Crippen LogP contribution in [-0.2, 0) is 19.1 Å². The predicted molar refractivity (Wildman–Crippen MR) is 333 cm³/mol. The van der Waals surface area contributed by atoms with Crippen LogP contribution in [-0.4, -0.2) is 57.7 Å². The predicted octanol–water partition coefficient (Wildman–Crippen LogP) is 21.8. The van der Waals surface area contributed by atoms with Crippen LogP contribution in [0.25, 0.3) is 0 Å². The van der Waals surface area contributed by atoms with Gasteiger partial charge in [-0.2, -0.15) is 0 Å². The molecule has 0 aliphatic rings. The zero-order chi connectivity index (χ0) is 56.9. The smallest absolute Gasteiger partial charge is 0.305 e. The van der Waals surface area contributed by atoms with E-state index in [0.29, 0.717) is 19.3 Å². The number of rotatable bonds is 60. The number of carboxylic acid groups (broad SMARTS) is 2. The summed E-state index contributed by atoms with van der Waals surface area (Å²) < 4.78 is 4.88. The van der Waals surface area contributed by atoms with Crippen LogP contribution in [0.2, 0.25) is 0 Å². The van der Waals surface area contributed by atoms with Gasteiger partial charge in [-0.05, 0) is 96.3 Å². The number of esters is 1. The van der Waals surface area contributed by atoms with Crippen LogP contribution in [0.4, 0.5) is 0 Å². The highest BCUT2D eigenvalue weighted by molar-refractivity contribution is 5.69. The number of aliphatic hydroxyl groups excluding tert-OH is 2. The molecule has 0 amide bonds. The molecule has 0 bridgehead atoms. The van der Waals surface area contributed by atoms with Gasteiger partial charge in [0.05, 0.1) is 6.61 Å². The molecular weight excluding hydrogens is 957 g/mol. The van der Waals surface area contributed by atoms with Crippen LogP contribution < -0.4 is 0 Å². The van der Waals surface area contributed by atoms with Crippen molar-refractivity contribution in [3.8, 4) is 0 Å². The van der Waals surface area contributed by atoms with Crippen LogP contribution >= 0.6 is 0 Å². The Balaban J connectivity index is -0.00000107. The summed E-state index contributed by atoms with van der Waals surface area (Å²) in [7, 11) is 0. The Morgan fingerprint density at radius 2 is 0.506 bits per heavy atom. The zero-order valence-corrected chi connectivity index (χ0v) is 51.6. The molecule has 0 heterocycles. The molecule has 0 rings (SSSR count). The standard InChI is InChI=1S/C25H48O4.2C22H42O2/c1-2-3-4-5-6-7-8-9-10-11-12-13-14-15-16-17-18-19-20-21-25(28)29-23-24(27)22-26;2*1-2-3-4-5-6-7-8-9-10-11-12-13-14-15-16-17-18-19-20-21-22(23)24/h9-10,24,26-27H,2-8,11-23H2,1H3;2*9-10H,2-8,11-21H2,1H3,(H,23,24). The SMILES string of the molecule is CCCCCCCCC=CCCCCCCCCCCCC(=O)O.CCCCCCCCC=CCCCCCCCCCCCC(=O)O.CCCCCCCCC=CCCCCCCCCCCCC(=O)OCC(O)CO. The second-order valence-corrected chi connectivity index (χ2v) is 22.6. The number of aliphatic hydroxyl groups is 2. The fourth-order valence-corrected chi connectivity index (χ4v) is 9.47. The Hall–Kier alpha value is -2.45. The summed E-state index contributed by atoms with van der Waals surface area (Å²) in [5.41, 5.74) is 0. The maximum Gasteiger partial charge on any atom is 0.305 e. The molecule has 456 valence electrons. The summed E-state index contributed by atoms with van der Waals surface area (Å²) >= 11 is 0. The Morgan fingerprint density at radius 1 is 0.312 bits per heavy atom. The highest BCUT2D eigenvalue weighted by Crippen LogP contribution is 2.16. The second-order valence-electron chi connectivity index (χ2n) is 22.6. The summed E-state index contributed by atoms with van der Waals surface area (Å²) in [4.78, 5) is 32.2. The third-order valence-electron chi connectivity index (χ3n) is 14.6. The molecule has 0 radical (unpaired) electrons. The molecule has 1 atom stereocenters. The summed E-state index contributed by atoms with van der Waals surface area (Å²) in [6, 6.07) is 0. The van der Waals surface area contributed by atoms with E-state index in [2.05, 4.69) is 57.2 Å². The van der Waals surface area contributed by atoms with E-state index in [4.69, 9.17) is 25.2 Å². The summed E-state index contributed by atoms with van der Waals surface area (Å²) in [6.07, 6.45) is 80.2. The molecule has 4 N–H and O–H groups in total. The number of hydrogen-bond acceptors (Lipinski definition) is 6. The van der Waals surface area contributed by atoms with Gasteiger partial charge in [-0.25, -0.2) is 0 Å². The van der Waals surface area contributed by atoms with Crippen LogP contribution in [0.5, 0.6) is 0 Å². The van der Waals surface area contributed by atoms with Crippen LogP contribution in [0.15, 0.2) is 36.5 Å². The lowest BCUT2D eigenvalue weighted by molar-refractivity contribution is -0.147. The first-order valence-electron chi connectivity index (χ1n) is 33.6. The van der Waals surface area contributed by atoms with Gasteiger partial charge >= 0.3 is 17.9 Å². The molecule has 0 aromatic carbocycles. The number of hydrogen-bond donors (Lipinski definition) is 4. The first kappa shape index (κ1) is 78.8. The normalized spacial score (nSPS) is 11.8. The van der Waals surface area contributed by atoms with Gasteiger partial charge < -0.3 is 25.2 Å². The number of aliphatic carboxylic acids is 2. The molecular formula is C69H132O8. The van der Waals surface area contributed by atoms with Crippen molar-refractivity contribution in [2.75, 3.05) is 13.2 Å². The van der Waals surface area contributed by atoms with E-state index in [1.807, 2.05) is 0 Å². The van der Waals surface area contributed by atoms with Crippen LogP contribution in [0.1, 0.15) is 367 Å². The van der Waals surface area contributed by atoms with Crippen molar-refractivity contribution in [2.24, 2.45) is 0 Å². The Morgan fingerprint density at radius 3 is 0.714 bits per heavy atom. The second kappa shape index (κ2) is 73.5. The van der Waals surface area contributed by atoms with E-state index in [9.17, 15) is 14.4 Å². The molecule has 8 heteroatoms. The molecule has 8 nitrogen and oxygen atoms in total. The van der Waals surface area contributed by atoms with E-state index < -0.39 is 18.0 Å². The molecule has 1 unspecified atom stereocenters. The Labute approximate surface area is 478 Å². The monoisotopic (exact) mass is 1090 g/mol. The first-order chi connectivity index (χ1) is 37.7. The molecule has 0 aliphatic carbocycles. The number of ether oxygens (including phenoxy) is 1. The highest BCUT2D eigenvalue weighted by atomic mass is 16.5. The average molecular weight is 1090 g/mol. The van der Waals surface area contributed by atoms with Gasteiger partial charge in [-0.3, -0.25) is 14.4 Å². The molecule has 0 fully saturated rings. The van der Waals surface area contributed by atoms with Gasteiger partial charge in [0.2, 0.25) is 0 Å². The van der Waals surface area contributed by atoms with Crippen LogP contribution in [0, 0.1) is 0 Å². The van der Waals surface area contributed by atoms with Crippen molar-refractivity contribution < 1.29 is 39.5 Å². The summed E-state index contributed by atoms with van der Waals surface area (Å²) in [5, 5.41) is 34.9. The largest absolute Gasteiger partial charge is 0.481 e. The fourth-order valence-electron chi connectivity index (χ4n) is 9.47. The minimum absolute atomic E-state index is 0.107. The average Bonchev–Trinajstić information content (AvgIpc) is 3.42. The number of unbranched alkanes of at least 4 members (excludes halogenated alkanes) is 45. The van der Waals surface area contributed by atoms with E-state index >= 15 is 0 Å². The third-order valence-corrected chi connectivity index (χ3v) is 14.6. The number of carboxylic acids is 2. The Kier molecular flexibility index (Phi) is 75.2. The molecule has 0 aromatic rings. The lowest BCUT2D eigenvalue weighted by Crippen LogP contribution is -2.21. The quantitative estimate of drug-likeness (QED) is 0.0268. The maximum atomic E-state index is 11.4. The minimum atomic E-state index is -0.958. The van der Waals surface area contributed by atoms with Gasteiger partial charge in [-0.1, -0.05) is 288 Å². The van der Waals surface area contributed by atoms with E-state index in [1.165, 1.54) is 289 Å². The van der Waals surface area contributed by atoms with E-state index in [1.54, 1.807) is 0 Å². The molecule has 0 saturated carbocycles. The van der Waals surface area contributed by atoms with Crippen molar-refractivity contribution in [1.29, 1.82) is 0 Å².